The van der Waals surface area contributed by atoms with E-state index in [-0.39, 0.29) is 17.4 Å². The predicted molar refractivity (Wildman–Crippen MR) is 61.2 cm³/mol. The van der Waals surface area contributed by atoms with Gasteiger partial charge in [0.1, 0.15) is 0 Å². The number of anilines is 2. The molecule has 2 unspecified atom stereocenters. The summed E-state index contributed by atoms with van der Waals surface area (Å²) < 4.78 is 26.5. The summed E-state index contributed by atoms with van der Waals surface area (Å²) in [7, 11) is 0. The Bertz CT molecular complexity index is 393. The molecule has 0 bridgehead atoms. The van der Waals surface area contributed by atoms with E-state index in [9.17, 15) is 8.78 Å². The van der Waals surface area contributed by atoms with Crippen molar-refractivity contribution in [3.63, 3.8) is 0 Å². The molecule has 1 aromatic carbocycles. The maximum absolute atomic E-state index is 13.4. The quantitative estimate of drug-likeness (QED) is 0.774. The van der Waals surface area contributed by atoms with Crippen LogP contribution in [0, 0.1) is 17.6 Å². The van der Waals surface area contributed by atoms with Crippen LogP contribution in [0.1, 0.15) is 26.2 Å². The Hall–Kier alpha value is -1.32. The van der Waals surface area contributed by atoms with Gasteiger partial charge in [-0.25, -0.2) is 8.78 Å². The SMILES string of the molecule is CCCC1CC1Nc1c(N)ccc(F)c1F. The summed E-state index contributed by atoms with van der Waals surface area (Å²) in [6, 6.07) is 2.68. The number of halogens is 2. The van der Waals surface area contributed by atoms with E-state index in [4.69, 9.17) is 5.73 Å². The van der Waals surface area contributed by atoms with Gasteiger partial charge in [-0.2, -0.15) is 0 Å². The number of nitrogens with one attached hydrogen (secondary N) is 1. The highest BCUT2D eigenvalue weighted by Crippen LogP contribution is 2.39. The smallest absolute Gasteiger partial charge is 0.183 e. The molecule has 1 aliphatic rings. The Kier molecular flexibility index (Phi) is 2.99. The van der Waals surface area contributed by atoms with Crippen LogP contribution in [0.5, 0.6) is 0 Å². The van der Waals surface area contributed by atoms with Gasteiger partial charge >= 0.3 is 0 Å². The van der Waals surface area contributed by atoms with Crippen molar-refractivity contribution in [2.75, 3.05) is 11.1 Å². The fourth-order valence-electron chi connectivity index (χ4n) is 2.01. The van der Waals surface area contributed by atoms with Crippen LogP contribution >= 0.6 is 0 Å². The summed E-state index contributed by atoms with van der Waals surface area (Å²) in [6.45, 7) is 2.12. The molecule has 2 rings (SSSR count). The Morgan fingerprint density at radius 3 is 2.88 bits per heavy atom. The molecule has 1 aromatic rings. The summed E-state index contributed by atoms with van der Waals surface area (Å²) in [5, 5.41) is 2.99. The number of rotatable bonds is 4. The van der Waals surface area contributed by atoms with E-state index < -0.39 is 11.6 Å². The predicted octanol–water partition coefficient (Wildman–Crippen LogP) is 3.15. The van der Waals surface area contributed by atoms with Crippen molar-refractivity contribution in [3.05, 3.63) is 23.8 Å². The normalized spacial score (nSPS) is 23.2. The number of hydrogen-bond acceptors (Lipinski definition) is 2. The average molecular weight is 226 g/mol. The van der Waals surface area contributed by atoms with E-state index in [1.807, 2.05) is 0 Å². The van der Waals surface area contributed by atoms with Crippen molar-refractivity contribution >= 4 is 11.4 Å². The third kappa shape index (κ3) is 2.10. The summed E-state index contributed by atoms with van der Waals surface area (Å²) in [4.78, 5) is 0. The molecule has 0 aliphatic heterocycles. The Labute approximate surface area is 93.8 Å². The molecule has 0 amide bonds. The molecule has 1 saturated carbocycles. The second-order valence-electron chi connectivity index (χ2n) is 4.36. The lowest BCUT2D eigenvalue weighted by molar-refractivity contribution is 0.511. The van der Waals surface area contributed by atoms with Gasteiger partial charge in [0.2, 0.25) is 0 Å². The molecule has 0 heterocycles. The van der Waals surface area contributed by atoms with Gasteiger partial charge in [0.05, 0.1) is 11.4 Å². The lowest BCUT2D eigenvalue weighted by Crippen LogP contribution is -2.09. The van der Waals surface area contributed by atoms with E-state index in [2.05, 4.69) is 12.2 Å². The Morgan fingerprint density at radius 2 is 2.19 bits per heavy atom. The molecule has 2 atom stereocenters. The van der Waals surface area contributed by atoms with Crippen LogP contribution in [-0.2, 0) is 0 Å². The number of nitrogen functional groups attached to an aromatic ring is 1. The van der Waals surface area contributed by atoms with Crippen LogP contribution in [-0.4, -0.2) is 6.04 Å². The molecular weight excluding hydrogens is 210 g/mol. The molecular formula is C12H16F2N2. The van der Waals surface area contributed by atoms with Crippen molar-refractivity contribution in [2.24, 2.45) is 5.92 Å². The minimum atomic E-state index is -0.873. The van der Waals surface area contributed by atoms with Crippen LogP contribution in [0.4, 0.5) is 20.2 Å². The maximum atomic E-state index is 13.4. The topological polar surface area (TPSA) is 38.0 Å². The van der Waals surface area contributed by atoms with Crippen molar-refractivity contribution in [1.29, 1.82) is 0 Å². The standard InChI is InChI=1S/C12H16F2N2/c1-2-3-7-6-10(7)16-12-9(15)5-4-8(13)11(12)14/h4-5,7,10,16H,2-3,6,15H2,1H3. The fourth-order valence-corrected chi connectivity index (χ4v) is 2.01. The maximum Gasteiger partial charge on any atom is 0.183 e. The fraction of sp³-hybridized carbons (Fsp3) is 0.500. The van der Waals surface area contributed by atoms with Crippen molar-refractivity contribution < 1.29 is 8.78 Å². The molecule has 2 nitrogen and oxygen atoms in total. The minimum Gasteiger partial charge on any atom is -0.397 e. The first kappa shape index (κ1) is 11.2. The first-order valence-electron chi connectivity index (χ1n) is 5.63. The third-order valence-electron chi connectivity index (χ3n) is 3.04. The lowest BCUT2D eigenvalue weighted by Gasteiger charge is -2.10. The van der Waals surface area contributed by atoms with E-state index in [1.165, 1.54) is 6.07 Å². The van der Waals surface area contributed by atoms with Crippen LogP contribution in [0.2, 0.25) is 0 Å². The monoisotopic (exact) mass is 226 g/mol. The van der Waals surface area contributed by atoms with Gasteiger partial charge in [-0.3, -0.25) is 0 Å². The van der Waals surface area contributed by atoms with Crippen LogP contribution in [0.3, 0.4) is 0 Å². The first-order valence-corrected chi connectivity index (χ1v) is 5.63. The summed E-state index contributed by atoms with van der Waals surface area (Å²) in [6.07, 6.45) is 3.25. The number of benzene rings is 1. The van der Waals surface area contributed by atoms with E-state index in [0.29, 0.717) is 5.92 Å². The van der Waals surface area contributed by atoms with Gasteiger partial charge in [-0.1, -0.05) is 13.3 Å². The molecule has 0 saturated heterocycles. The minimum absolute atomic E-state index is 0.114. The average Bonchev–Trinajstić information content (AvgIpc) is 2.98. The van der Waals surface area contributed by atoms with E-state index in [0.717, 1.165) is 25.3 Å². The zero-order valence-corrected chi connectivity index (χ0v) is 9.26. The van der Waals surface area contributed by atoms with Gasteiger partial charge in [0.15, 0.2) is 11.6 Å². The highest BCUT2D eigenvalue weighted by Gasteiger charge is 2.36. The van der Waals surface area contributed by atoms with Crippen molar-refractivity contribution in [3.8, 4) is 0 Å². The molecule has 1 fully saturated rings. The molecule has 0 radical (unpaired) electrons. The van der Waals surface area contributed by atoms with E-state index in [1.54, 1.807) is 0 Å². The van der Waals surface area contributed by atoms with Crippen molar-refractivity contribution in [1.82, 2.24) is 0 Å². The van der Waals surface area contributed by atoms with Crippen LogP contribution in [0.25, 0.3) is 0 Å². The highest BCUT2D eigenvalue weighted by molar-refractivity contribution is 5.67. The number of nitrogens with two attached hydrogens (primary N) is 1. The lowest BCUT2D eigenvalue weighted by atomic mass is 10.2. The van der Waals surface area contributed by atoms with Gasteiger partial charge in [0, 0.05) is 6.04 Å². The second kappa shape index (κ2) is 4.28. The first-order chi connectivity index (χ1) is 7.63. The molecule has 1 aliphatic carbocycles. The van der Waals surface area contributed by atoms with Gasteiger partial charge in [0.25, 0.3) is 0 Å². The second-order valence-corrected chi connectivity index (χ2v) is 4.36. The Morgan fingerprint density at radius 1 is 1.44 bits per heavy atom. The highest BCUT2D eigenvalue weighted by atomic mass is 19.2. The molecule has 16 heavy (non-hydrogen) atoms. The van der Waals surface area contributed by atoms with Gasteiger partial charge < -0.3 is 11.1 Å². The summed E-state index contributed by atoms with van der Waals surface area (Å²) >= 11 is 0. The molecule has 88 valence electrons. The van der Waals surface area contributed by atoms with Gasteiger partial charge in [-0.05, 0) is 30.9 Å². The molecule has 0 aromatic heterocycles. The van der Waals surface area contributed by atoms with E-state index >= 15 is 0 Å². The van der Waals surface area contributed by atoms with Crippen LogP contribution < -0.4 is 11.1 Å². The molecule has 3 N–H and O–H groups in total. The zero-order chi connectivity index (χ0) is 11.7. The molecule has 0 spiro atoms. The summed E-state index contributed by atoms with van der Waals surface area (Å²) in [5.74, 6) is -1.15. The zero-order valence-electron chi connectivity index (χ0n) is 9.26. The van der Waals surface area contributed by atoms with Crippen molar-refractivity contribution in [2.45, 2.75) is 32.2 Å². The Balaban J connectivity index is 2.08. The van der Waals surface area contributed by atoms with Crippen LogP contribution in [0.15, 0.2) is 12.1 Å². The third-order valence-corrected chi connectivity index (χ3v) is 3.04. The van der Waals surface area contributed by atoms with Gasteiger partial charge in [-0.15, -0.1) is 0 Å². The number of hydrogen-bond donors (Lipinski definition) is 2. The summed E-state index contributed by atoms with van der Waals surface area (Å²) in [5.41, 5.74) is 6.00. The molecule has 4 heteroatoms. The largest absolute Gasteiger partial charge is 0.397 e.